The molecule has 4 heteroatoms. The van der Waals surface area contributed by atoms with Gasteiger partial charge in [-0.2, -0.15) is 0 Å². The summed E-state index contributed by atoms with van der Waals surface area (Å²) >= 11 is 13.7. The Balaban J connectivity index is 2.33. The number of hydrogen-bond donors (Lipinski definition) is 1. The van der Waals surface area contributed by atoms with E-state index in [1.807, 2.05) is 18.2 Å². The topological polar surface area (TPSA) is 26.0 Å². The first-order chi connectivity index (χ1) is 7.24. The van der Waals surface area contributed by atoms with Gasteiger partial charge in [0, 0.05) is 9.92 Å². The van der Waals surface area contributed by atoms with Crippen LogP contribution in [0.5, 0.6) is 0 Å². The lowest BCUT2D eigenvalue weighted by Crippen LogP contribution is -1.97. The molecule has 0 aliphatic rings. The summed E-state index contributed by atoms with van der Waals surface area (Å²) in [6, 6.07) is 5.56. The van der Waals surface area contributed by atoms with Crippen LogP contribution in [0.2, 0.25) is 10.0 Å². The van der Waals surface area contributed by atoms with E-state index in [-0.39, 0.29) is 0 Å². The number of benzene rings is 1. The lowest BCUT2D eigenvalue weighted by molar-refractivity contribution is 0.732. The molecule has 0 aliphatic heterocycles. The summed E-state index contributed by atoms with van der Waals surface area (Å²) in [5.41, 5.74) is 5.42. The van der Waals surface area contributed by atoms with Crippen molar-refractivity contribution in [1.29, 1.82) is 0 Å². The highest BCUT2D eigenvalue weighted by Gasteiger charge is 2.01. The van der Waals surface area contributed by atoms with Gasteiger partial charge in [0.1, 0.15) is 0 Å². The normalized spacial score (nSPS) is 10.6. The third-order valence-electron chi connectivity index (χ3n) is 2.00. The van der Waals surface area contributed by atoms with Crippen LogP contribution in [0.4, 0.5) is 0 Å². The van der Waals surface area contributed by atoms with Crippen LogP contribution in [0.25, 0.3) is 0 Å². The Kier molecular flexibility index (Phi) is 6.50. The van der Waals surface area contributed by atoms with E-state index in [0.717, 1.165) is 33.7 Å². The molecule has 1 nitrogen and oxygen atoms in total. The zero-order valence-electron chi connectivity index (χ0n) is 8.51. The largest absolute Gasteiger partial charge is 0.330 e. The zero-order valence-corrected chi connectivity index (χ0v) is 10.8. The fourth-order valence-electron chi connectivity index (χ4n) is 1.19. The standard InChI is InChI=1S/C11H15Cl2NS/c12-9-4-5-10(13)11(8-9)15-7-3-1-2-6-14/h4-5,8H,1-3,6-7,14H2. The minimum Gasteiger partial charge on any atom is -0.330 e. The van der Waals surface area contributed by atoms with E-state index in [0.29, 0.717) is 0 Å². The third kappa shape index (κ3) is 5.12. The van der Waals surface area contributed by atoms with Gasteiger partial charge in [-0.25, -0.2) is 0 Å². The predicted molar refractivity (Wildman–Crippen MR) is 70.1 cm³/mol. The van der Waals surface area contributed by atoms with Crippen molar-refractivity contribution in [1.82, 2.24) is 0 Å². The van der Waals surface area contributed by atoms with Gasteiger partial charge in [-0.3, -0.25) is 0 Å². The van der Waals surface area contributed by atoms with Gasteiger partial charge in [0.15, 0.2) is 0 Å². The minimum absolute atomic E-state index is 0.740. The number of nitrogens with two attached hydrogens (primary N) is 1. The Morgan fingerprint density at radius 3 is 2.67 bits per heavy atom. The second kappa shape index (κ2) is 7.39. The molecule has 0 spiro atoms. The number of thioether (sulfide) groups is 1. The van der Waals surface area contributed by atoms with Gasteiger partial charge in [-0.15, -0.1) is 11.8 Å². The van der Waals surface area contributed by atoms with E-state index in [4.69, 9.17) is 28.9 Å². The lowest BCUT2D eigenvalue weighted by Gasteiger charge is -2.04. The van der Waals surface area contributed by atoms with Crippen LogP contribution in [-0.2, 0) is 0 Å². The Labute approximate surface area is 105 Å². The molecule has 0 bridgehead atoms. The van der Waals surface area contributed by atoms with Gasteiger partial charge in [0.2, 0.25) is 0 Å². The fourth-order valence-corrected chi connectivity index (χ4v) is 2.70. The summed E-state index contributed by atoms with van der Waals surface area (Å²) in [5, 5.41) is 1.52. The van der Waals surface area contributed by atoms with Gasteiger partial charge in [-0.1, -0.05) is 29.6 Å². The van der Waals surface area contributed by atoms with Crippen LogP contribution < -0.4 is 5.73 Å². The van der Waals surface area contributed by atoms with Crippen molar-refractivity contribution in [3.05, 3.63) is 28.2 Å². The Bertz CT molecular complexity index is 305. The van der Waals surface area contributed by atoms with E-state index in [1.165, 1.54) is 12.8 Å². The molecule has 1 aromatic carbocycles. The third-order valence-corrected chi connectivity index (χ3v) is 3.82. The molecule has 84 valence electrons. The predicted octanol–water partition coefficient (Wildman–Crippen LogP) is 4.21. The quantitative estimate of drug-likeness (QED) is 0.615. The van der Waals surface area contributed by atoms with Crippen molar-refractivity contribution < 1.29 is 0 Å². The molecule has 0 aliphatic carbocycles. The van der Waals surface area contributed by atoms with Crippen molar-refractivity contribution >= 4 is 35.0 Å². The molecule has 0 aromatic heterocycles. The van der Waals surface area contributed by atoms with E-state index >= 15 is 0 Å². The van der Waals surface area contributed by atoms with Gasteiger partial charge in [0.05, 0.1) is 5.02 Å². The average molecular weight is 264 g/mol. The monoisotopic (exact) mass is 263 g/mol. The SMILES string of the molecule is NCCCCCSc1cc(Cl)ccc1Cl. The van der Waals surface area contributed by atoms with Crippen LogP contribution in [0, 0.1) is 0 Å². The second-order valence-electron chi connectivity index (χ2n) is 3.27. The summed E-state index contributed by atoms with van der Waals surface area (Å²) in [7, 11) is 0. The smallest absolute Gasteiger partial charge is 0.0542 e. The molecule has 0 fully saturated rings. The molecule has 0 saturated heterocycles. The minimum atomic E-state index is 0.740. The first-order valence-corrected chi connectivity index (χ1v) is 6.76. The summed E-state index contributed by atoms with van der Waals surface area (Å²) < 4.78 is 0. The maximum atomic E-state index is 6.04. The lowest BCUT2D eigenvalue weighted by atomic mass is 10.2. The zero-order chi connectivity index (χ0) is 11.1. The maximum Gasteiger partial charge on any atom is 0.0542 e. The molecular weight excluding hydrogens is 249 g/mol. The van der Waals surface area contributed by atoms with E-state index in [1.54, 1.807) is 11.8 Å². The van der Waals surface area contributed by atoms with Gasteiger partial charge < -0.3 is 5.73 Å². The van der Waals surface area contributed by atoms with Crippen LogP contribution in [0.3, 0.4) is 0 Å². The van der Waals surface area contributed by atoms with Crippen LogP contribution in [0.1, 0.15) is 19.3 Å². The van der Waals surface area contributed by atoms with Gasteiger partial charge in [0.25, 0.3) is 0 Å². The molecule has 1 rings (SSSR count). The Morgan fingerprint density at radius 2 is 1.93 bits per heavy atom. The number of halogens is 2. The van der Waals surface area contributed by atoms with Crippen molar-refractivity contribution in [2.24, 2.45) is 5.73 Å². The Morgan fingerprint density at radius 1 is 1.13 bits per heavy atom. The highest BCUT2D eigenvalue weighted by atomic mass is 35.5. The summed E-state index contributed by atoms with van der Waals surface area (Å²) in [6.07, 6.45) is 3.45. The molecule has 2 N–H and O–H groups in total. The summed E-state index contributed by atoms with van der Waals surface area (Å²) in [5.74, 6) is 1.07. The van der Waals surface area contributed by atoms with Crippen LogP contribution >= 0.6 is 35.0 Å². The van der Waals surface area contributed by atoms with Crippen LogP contribution in [-0.4, -0.2) is 12.3 Å². The van der Waals surface area contributed by atoms with Gasteiger partial charge in [-0.05, 0) is 43.3 Å². The molecule has 0 atom stereocenters. The molecule has 0 unspecified atom stereocenters. The molecule has 0 saturated carbocycles. The number of hydrogen-bond acceptors (Lipinski definition) is 2. The van der Waals surface area contributed by atoms with E-state index < -0.39 is 0 Å². The maximum absolute atomic E-state index is 6.04. The molecular formula is C11H15Cl2NS. The summed E-state index contributed by atoms with van der Waals surface area (Å²) in [6.45, 7) is 0.780. The second-order valence-corrected chi connectivity index (χ2v) is 5.25. The van der Waals surface area contributed by atoms with Crippen LogP contribution in [0.15, 0.2) is 23.1 Å². The number of unbranched alkanes of at least 4 members (excludes halogenated alkanes) is 2. The Hall–Kier alpha value is 0.110. The van der Waals surface area contributed by atoms with Crippen molar-refractivity contribution in [2.75, 3.05) is 12.3 Å². The molecule has 0 radical (unpaired) electrons. The number of rotatable bonds is 6. The highest BCUT2D eigenvalue weighted by Crippen LogP contribution is 2.30. The average Bonchev–Trinajstić information content (AvgIpc) is 2.23. The van der Waals surface area contributed by atoms with Crippen molar-refractivity contribution in [3.63, 3.8) is 0 Å². The highest BCUT2D eigenvalue weighted by molar-refractivity contribution is 7.99. The van der Waals surface area contributed by atoms with E-state index in [9.17, 15) is 0 Å². The molecule has 0 heterocycles. The summed E-state index contributed by atoms with van der Waals surface area (Å²) in [4.78, 5) is 1.07. The van der Waals surface area contributed by atoms with Crippen molar-refractivity contribution in [3.8, 4) is 0 Å². The molecule has 15 heavy (non-hydrogen) atoms. The van der Waals surface area contributed by atoms with Crippen molar-refractivity contribution in [2.45, 2.75) is 24.2 Å². The first-order valence-electron chi connectivity index (χ1n) is 5.02. The fraction of sp³-hybridized carbons (Fsp3) is 0.455. The van der Waals surface area contributed by atoms with Gasteiger partial charge >= 0.3 is 0 Å². The molecule has 0 amide bonds. The first kappa shape index (κ1) is 13.2. The molecule has 1 aromatic rings. The van der Waals surface area contributed by atoms with E-state index in [2.05, 4.69) is 0 Å².